The zero-order chi connectivity index (χ0) is 20.7. The number of para-hydroxylation sites is 1. The van der Waals surface area contributed by atoms with E-state index in [0.29, 0.717) is 12.0 Å². The highest BCUT2D eigenvalue weighted by molar-refractivity contribution is 6.03. The van der Waals surface area contributed by atoms with E-state index in [1.54, 1.807) is 0 Å². The van der Waals surface area contributed by atoms with Gasteiger partial charge in [0.15, 0.2) is 24.4 Å². The van der Waals surface area contributed by atoms with Crippen LogP contribution in [-0.4, -0.2) is 39.0 Å². The van der Waals surface area contributed by atoms with Crippen molar-refractivity contribution in [2.75, 3.05) is 26.1 Å². The van der Waals surface area contributed by atoms with Crippen molar-refractivity contribution in [1.82, 2.24) is 0 Å². The number of carbonyl (C=O) groups excluding carboxylic acids is 3. The summed E-state index contributed by atoms with van der Waals surface area (Å²) in [6.07, 6.45) is 1.26. The number of aldehydes is 1. The molecule has 0 aromatic heterocycles. The molecule has 0 aliphatic carbocycles. The van der Waals surface area contributed by atoms with Gasteiger partial charge in [-0.1, -0.05) is 25.1 Å². The fourth-order valence-corrected chi connectivity index (χ4v) is 2.83. The molecule has 0 bridgehead atoms. The molecule has 1 amide bonds. The standard InChI is InChI=1S/C21H23NO6/c1-5-14-8-6-7-13(2)19(14)22-17(24)12-28-21(25)18-15(11-23)9-10-16(26-3)20(18)27-4/h6-11H,5,12H2,1-4H3,(H,22,24). The molecule has 0 saturated heterocycles. The fourth-order valence-electron chi connectivity index (χ4n) is 2.83. The maximum atomic E-state index is 12.5. The van der Waals surface area contributed by atoms with Gasteiger partial charge in [0, 0.05) is 11.3 Å². The van der Waals surface area contributed by atoms with Gasteiger partial charge in [-0.25, -0.2) is 4.79 Å². The van der Waals surface area contributed by atoms with E-state index in [-0.39, 0.29) is 22.6 Å². The summed E-state index contributed by atoms with van der Waals surface area (Å²) in [4.78, 5) is 36.1. The molecule has 0 aliphatic heterocycles. The van der Waals surface area contributed by atoms with Crippen molar-refractivity contribution in [3.05, 3.63) is 52.6 Å². The molecule has 0 unspecified atom stereocenters. The van der Waals surface area contributed by atoms with Gasteiger partial charge in [0.1, 0.15) is 5.56 Å². The van der Waals surface area contributed by atoms with Crippen molar-refractivity contribution in [3.8, 4) is 11.5 Å². The molecule has 2 aromatic carbocycles. The summed E-state index contributed by atoms with van der Waals surface area (Å²) >= 11 is 0. The van der Waals surface area contributed by atoms with Crippen LogP contribution in [0.1, 0.15) is 38.8 Å². The number of methoxy groups -OCH3 is 2. The van der Waals surface area contributed by atoms with Crippen molar-refractivity contribution in [1.29, 1.82) is 0 Å². The first-order valence-corrected chi connectivity index (χ1v) is 8.72. The number of anilines is 1. The van der Waals surface area contributed by atoms with E-state index in [0.717, 1.165) is 17.5 Å². The summed E-state index contributed by atoms with van der Waals surface area (Å²) in [5.74, 6) is -0.984. The highest BCUT2D eigenvalue weighted by atomic mass is 16.5. The topological polar surface area (TPSA) is 90.9 Å². The minimum atomic E-state index is -0.853. The van der Waals surface area contributed by atoms with Gasteiger partial charge in [-0.15, -0.1) is 0 Å². The average Bonchev–Trinajstić information content (AvgIpc) is 2.72. The summed E-state index contributed by atoms with van der Waals surface area (Å²) in [6.45, 7) is 3.37. The van der Waals surface area contributed by atoms with Gasteiger partial charge >= 0.3 is 5.97 Å². The molecule has 0 radical (unpaired) electrons. The van der Waals surface area contributed by atoms with Gasteiger partial charge in [-0.2, -0.15) is 0 Å². The number of amides is 1. The first kappa shape index (κ1) is 21.0. The molecule has 28 heavy (non-hydrogen) atoms. The largest absolute Gasteiger partial charge is 0.493 e. The molecule has 0 heterocycles. The van der Waals surface area contributed by atoms with E-state index in [1.807, 2.05) is 32.0 Å². The lowest BCUT2D eigenvalue weighted by atomic mass is 10.1. The number of esters is 1. The zero-order valence-electron chi connectivity index (χ0n) is 16.3. The van der Waals surface area contributed by atoms with E-state index < -0.39 is 18.5 Å². The van der Waals surface area contributed by atoms with Crippen LogP contribution in [0, 0.1) is 6.92 Å². The Kier molecular flexibility index (Phi) is 7.14. The molecular formula is C21H23NO6. The van der Waals surface area contributed by atoms with Crippen LogP contribution in [0.4, 0.5) is 5.69 Å². The van der Waals surface area contributed by atoms with Crippen LogP contribution in [0.15, 0.2) is 30.3 Å². The Bertz CT molecular complexity index is 891. The monoisotopic (exact) mass is 385 g/mol. The molecule has 148 valence electrons. The van der Waals surface area contributed by atoms with E-state index in [1.165, 1.54) is 26.4 Å². The Hall–Kier alpha value is -3.35. The Morgan fingerprint density at radius 2 is 1.86 bits per heavy atom. The highest BCUT2D eigenvalue weighted by Gasteiger charge is 2.23. The first-order chi connectivity index (χ1) is 13.5. The third-order valence-corrected chi connectivity index (χ3v) is 4.25. The molecule has 0 saturated carbocycles. The van der Waals surface area contributed by atoms with Crippen LogP contribution in [0.3, 0.4) is 0 Å². The first-order valence-electron chi connectivity index (χ1n) is 8.72. The maximum absolute atomic E-state index is 12.5. The highest BCUT2D eigenvalue weighted by Crippen LogP contribution is 2.33. The average molecular weight is 385 g/mol. The predicted octanol–water partition coefficient (Wildman–Crippen LogP) is 3.18. The van der Waals surface area contributed by atoms with Crippen LogP contribution in [0.25, 0.3) is 0 Å². The second kappa shape index (κ2) is 9.55. The zero-order valence-corrected chi connectivity index (χ0v) is 16.3. The molecule has 0 aliphatic rings. The number of rotatable bonds is 8. The number of aryl methyl sites for hydroxylation is 2. The van der Waals surface area contributed by atoms with Crippen LogP contribution >= 0.6 is 0 Å². The molecule has 7 heteroatoms. The lowest BCUT2D eigenvalue weighted by molar-refractivity contribution is -0.119. The Morgan fingerprint density at radius 1 is 1.11 bits per heavy atom. The maximum Gasteiger partial charge on any atom is 0.343 e. The number of hydrogen-bond donors (Lipinski definition) is 1. The molecule has 2 aromatic rings. The predicted molar refractivity (Wildman–Crippen MR) is 104 cm³/mol. The fraction of sp³-hybridized carbons (Fsp3) is 0.286. The van der Waals surface area contributed by atoms with Crippen molar-refractivity contribution in [2.24, 2.45) is 0 Å². The normalized spacial score (nSPS) is 10.1. The van der Waals surface area contributed by atoms with E-state index in [4.69, 9.17) is 14.2 Å². The van der Waals surface area contributed by atoms with Crippen molar-refractivity contribution >= 4 is 23.9 Å². The summed E-state index contributed by atoms with van der Waals surface area (Å²) in [7, 11) is 2.76. The van der Waals surface area contributed by atoms with Gasteiger partial charge in [0.2, 0.25) is 0 Å². The molecule has 7 nitrogen and oxygen atoms in total. The van der Waals surface area contributed by atoms with Gasteiger partial charge in [-0.3, -0.25) is 9.59 Å². The van der Waals surface area contributed by atoms with Gasteiger partial charge < -0.3 is 19.5 Å². The minimum absolute atomic E-state index is 0.0738. The second-order valence-corrected chi connectivity index (χ2v) is 5.97. The number of carbonyl (C=O) groups is 3. The van der Waals surface area contributed by atoms with Crippen LogP contribution in [-0.2, 0) is 16.0 Å². The van der Waals surface area contributed by atoms with Crippen LogP contribution < -0.4 is 14.8 Å². The second-order valence-electron chi connectivity index (χ2n) is 5.97. The summed E-state index contributed by atoms with van der Waals surface area (Å²) < 4.78 is 15.5. The minimum Gasteiger partial charge on any atom is -0.493 e. The lowest BCUT2D eigenvalue weighted by Gasteiger charge is -2.15. The number of benzene rings is 2. The summed E-state index contributed by atoms with van der Waals surface area (Å²) in [6, 6.07) is 8.66. The Balaban J connectivity index is 2.17. The third-order valence-electron chi connectivity index (χ3n) is 4.25. The Labute approximate surface area is 163 Å². The number of nitrogens with one attached hydrogen (secondary N) is 1. The van der Waals surface area contributed by atoms with Crippen molar-refractivity contribution < 1.29 is 28.6 Å². The SMILES string of the molecule is CCc1cccc(C)c1NC(=O)COC(=O)c1c(C=O)ccc(OC)c1OC. The van der Waals surface area contributed by atoms with E-state index in [2.05, 4.69) is 5.32 Å². The molecule has 2 rings (SSSR count). The number of hydrogen-bond acceptors (Lipinski definition) is 6. The van der Waals surface area contributed by atoms with Crippen molar-refractivity contribution in [2.45, 2.75) is 20.3 Å². The van der Waals surface area contributed by atoms with Gasteiger partial charge in [0.05, 0.1) is 14.2 Å². The smallest absolute Gasteiger partial charge is 0.343 e. The molecular weight excluding hydrogens is 362 g/mol. The van der Waals surface area contributed by atoms with E-state index >= 15 is 0 Å². The lowest BCUT2D eigenvalue weighted by Crippen LogP contribution is -2.23. The number of ether oxygens (including phenoxy) is 3. The van der Waals surface area contributed by atoms with Gasteiger partial charge in [0.25, 0.3) is 5.91 Å². The molecule has 1 N–H and O–H groups in total. The van der Waals surface area contributed by atoms with Gasteiger partial charge in [-0.05, 0) is 36.6 Å². The molecule has 0 atom stereocenters. The third kappa shape index (κ3) is 4.49. The van der Waals surface area contributed by atoms with E-state index in [9.17, 15) is 14.4 Å². The Morgan fingerprint density at radius 3 is 2.46 bits per heavy atom. The van der Waals surface area contributed by atoms with Crippen LogP contribution in [0.5, 0.6) is 11.5 Å². The quantitative estimate of drug-likeness (QED) is 0.554. The molecule has 0 fully saturated rings. The summed E-state index contributed by atoms with van der Waals surface area (Å²) in [5, 5.41) is 2.77. The summed E-state index contributed by atoms with van der Waals surface area (Å²) in [5.41, 5.74) is 2.60. The van der Waals surface area contributed by atoms with Crippen molar-refractivity contribution in [3.63, 3.8) is 0 Å². The molecule has 0 spiro atoms. The van der Waals surface area contributed by atoms with Crippen LogP contribution in [0.2, 0.25) is 0 Å².